The summed E-state index contributed by atoms with van der Waals surface area (Å²) in [5, 5.41) is 2.77. The number of nitrogens with one attached hydrogen (secondary N) is 1. The number of hydrogen-bond acceptors (Lipinski definition) is 4. The lowest BCUT2D eigenvalue weighted by molar-refractivity contribution is -0.144. The van der Waals surface area contributed by atoms with E-state index in [9.17, 15) is 9.59 Å². The van der Waals surface area contributed by atoms with Crippen molar-refractivity contribution in [2.24, 2.45) is 0 Å². The number of amides is 1. The van der Waals surface area contributed by atoms with E-state index in [0.717, 1.165) is 23.4 Å². The third-order valence-corrected chi connectivity index (χ3v) is 2.83. The molecule has 1 heterocycles. The van der Waals surface area contributed by atoms with E-state index in [1.165, 1.54) is 0 Å². The van der Waals surface area contributed by atoms with Crippen LogP contribution in [0, 0.1) is 0 Å². The van der Waals surface area contributed by atoms with Crippen LogP contribution in [-0.2, 0) is 20.7 Å². The average Bonchev–Trinajstić information content (AvgIpc) is 2.84. The zero-order chi connectivity index (χ0) is 13.7. The van der Waals surface area contributed by atoms with Crippen molar-refractivity contribution in [2.75, 3.05) is 18.5 Å². The molecule has 5 heteroatoms. The summed E-state index contributed by atoms with van der Waals surface area (Å²) >= 11 is 0. The van der Waals surface area contributed by atoms with Crippen LogP contribution in [0.1, 0.15) is 25.3 Å². The molecule has 1 N–H and O–H groups in total. The molecule has 0 aromatic heterocycles. The number of fused-ring (bicyclic) bond motifs is 1. The number of hydrogen-bond donors (Lipinski definition) is 1. The van der Waals surface area contributed by atoms with Gasteiger partial charge in [-0.2, -0.15) is 0 Å². The van der Waals surface area contributed by atoms with Gasteiger partial charge in [0.05, 0.1) is 19.6 Å². The highest BCUT2D eigenvalue weighted by Gasteiger charge is 2.13. The second-order valence-electron chi connectivity index (χ2n) is 4.27. The third-order valence-electron chi connectivity index (χ3n) is 2.83. The Balaban J connectivity index is 1.84. The summed E-state index contributed by atoms with van der Waals surface area (Å²) in [7, 11) is 0. The number of carbonyl (C=O) groups excluding carboxylic acids is 2. The van der Waals surface area contributed by atoms with E-state index < -0.39 is 0 Å². The molecular weight excluding hydrogens is 246 g/mol. The van der Waals surface area contributed by atoms with Crippen LogP contribution in [-0.4, -0.2) is 25.1 Å². The van der Waals surface area contributed by atoms with E-state index in [2.05, 4.69) is 5.32 Å². The minimum atomic E-state index is -0.347. The third kappa shape index (κ3) is 3.71. The van der Waals surface area contributed by atoms with Gasteiger partial charge in [0.25, 0.3) is 0 Å². The molecule has 0 unspecified atom stereocenters. The van der Waals surface area contributed by atoms with Crippen LogP contribution in [0.3, 0.4) is 0 Å². The smallest absolute Gasteiger partial charge is 0.306 e. The van der Waals surface area contributed by atoms with Crippen molar-refractivity contribution < 1.29 is 19.1 Å². The van der Waals surface area contributed by atoms with Crippen molar-refractivity contribution in [1.82, 2.24) is 0 Å². The molecule has 0 spiro atoms. The molecule has 0 aliphatic carbocycles. The van der Waals surface area contributed by atoms with E-state index >= 15 is 0 Å². The first kappa shape index (κ1) is 13.4. The molecule has 102 valence electrons. The molecule has 1 aliphatic rings. The quantitative estimate of drug-likeness (QED) is 0.824. The number of esters is 1. The maximum atomic E-state index is 11.7. The molecule has 1 aromatic carbocycles. The molecule has 0 radical (unpaired) electrons. The van der Waals surface area contributed by atoms with Crippen LogP contribution in [0.2, 0.25) is 0 Å². The van der Waals surface area contributed by atoms with Gasteiger partial charge in [0.15, 0.2) is 0 Å². The van der Waals surface area contributed by atoms with Gasteiger partial charge in [-0.15, -0.1) is 0 Å². The minimum Gasteiger partial charge on any atom is -0.493 e. The summed E-state index contributed by atoms with van der Waals surface area (Å²) in [6, 6.07) is 5.56. The maximum Gasteiger partial charge on any atom is 0.306 e. The number of ether oxygens (including phenoxy) is 2. The van der Waals surface area contributed by atoms with E-state index in [-0.39, 0.29) is 24.7 Å². The Morgan fingerprint density at radius 1 is 1.37 bits per heavy atom. The summed E-state index contributed by atoms with van der Waals surface area (Å²) in [5.41, 5.74) is 1.83. The molecule has 1 aliphatic heterocycles. The second-order valence-corrected chi connectivity index (χ2v) is 4.27. The molecule has 0 saturated carbocycles. The van der Waals surface area contributed by atoms with Gasteiger partial charge in [0, 0.05) is 18.5 Å². The molecule has 0 saturated heterocycles. The first-order valence-electron chi connectivity index (χ1n) is 6.40. The predicted molar refractivity (Wildman–Crippen MR) is 70.1 cm³/mol. The van der Waals surface area contributed by atoms with Crippen molar-refractivity contribution in [3.05, 3.63) is 23.8 Å². The van der Waals surface area contributed by atoms with Gasteiger partial charge in [-0.25, -0.2) is 0 Å². The standard InChI is InChI=1S/C14H17NO4/c1-2-18-14(17)6-5-13(16)15-11-3-4-12-10(9-11)7-8-19-12/h3-4,9H,2,5-8H2,1H3,(H,15,16). The molecule has 0 bridgehead atoms. The van der Waals surface area contributed by atoms with Crippen LogP contribution < -0.4 is 10.1 Å². The molecule has 5 nitrogen and oxygen atoms in total. The van der Waals surface area contributed by atoms with E-state index in [1.54, 1.807) is 13.0 Å². The highest BCUT2D eigenvalue weighted by molar-refractivity contribution is 5.92. The Kier molecular flexibility index (Phi) is 4.39. The van der Waals surface area contributed by atoms with E-state index in [1.807, 2.05) is 12.1 Å². The lowest BCUT2D eigenvalue weighted by Crippen LogP contribution is -2.14. The highest BCUT2D eigenvalue weighted by atomic mass is 16.5. The monoisotopic (exact) mass is 263 g/mol. The van der Waals surface area contributed by atoms with Crippen LogP contribution in [0.15, 0.2) is 18.2 Å². The van der Waals surface area contributed by atoms with Crippen molar-refractivity contribution >= 4 is 17.6 Å². The van der Waals surface area contributed by atoms with Gasteiger partial charge in [-0.1, -0.05) is 0 Å². The number of rotatable bonds is 5. The lowest BCUT2D eigenvalue weighted by Gasteiger charge is -2.06. The Labute approximate surface area is 111 Å². The first-order chi connectivity index (χ1) is 9.19. The number of carbonyl (C=O) groups is 2. The van der Waals surface area contributed by atoms with Crippen LogP contribution in [0.4, 0.5) is 5.69 Å². The summed E-state index contributed by atoms with van der Waals surface area (Å²) in [4.78, 5) is 22.8. The Hall–Kier alpha value is -2.04. The lowest BCUT2D eigenvalue weighted by atomic mass is 10.1. The SMILES string of the molecule is CCOC(=O)CCC(=O)Nc1ccc2c(c1)CCO2. The van der Waals surface area contributed by atoms with Crippen molar-refractivity contribution in [1.29, 1.82) is 0 Å². The molecule has 1 aromatic rings. The Bertz CT molecular complexity index is 484. The maximum absolute atomic E-state index is 11.7. The van der Waals surface area contributed by atoms with Crippen molar-refractivity contribution in [3.63, 3.8) is 0 Å². The number of anilines is 1. The van der Waals surface area contributed by atoms with E-state index in [0.29, 0.717) is 13.2 Å². The normalized spacial score (nSPS) is 12.5. The first-order valence-corrected chi connectivity index (χ1v) is 6.40. The van der Waals surface area contributed by atoms with Crippen LogP contribution in [0.25, 0.3) is 0 Å². The zero-order valence-corrected chi connectivity index (χ0v) is 10.9. The predicted octanol–water partition coefficient (Wildman–Crippen LogP) is 1.90. The van der Waals surface area contributed by atoms with Crippen molar-refractivity contribution in [2.45, 2.75) is 26.2 Å². The summed E-state index contributed by atoms with van der Waals surface area (Å²) in [5.74, 6) is 0.344. The average molecular weight is 263 g/mol. The highest BCUT2D eigenvalue weighted by Crippen LogP contribution is 2.27. The largest absolute Gasteiger partial charge is 0.493 e. The van der Waals surface area contributed by atoms with Gasteiger partial charge < -0.3 is 14.8 Å². The topological polar surface area (TPSA) is 64.6 Å². The molecule has 0 atom stereocenters. The van der Waals surface area contributed by atoms with Crippen LogP contribution >= 0.6 is 0 Å². The summed E-state index contributed by atoms with van der Waals surface area (Å²) in [6.45, 7) is 2.77. The van der Waals surface area contributed by atoms with E-state index in [4.69, 9.17) is 9.47 Å². The van der Waals surface area contributed by atoms with Gasteiger partial charge in [0.2, 0.25) is 5.91 Å². The molecule has 0 fully saturated rings. The Morgan fingerprint density at radius 3 is 3.00 bits per heavy atom. The summed E-state index contributed by atoms with van der Waals surface area (Å²) in [6.07, 6.45) is 1.10. The van der Waals surface area contributed by atoms with Gasteiger partial charge >= 0.3 is 5.97 Å². The second kappa shape index (κ2) is 6.22. The zero-order valence-electron chi connectivity index (χ0n) is 10.9. The van der Waals surface area contributed by atoms with Crippen molar-refractivity contribution in [3.8, 4) is 5.75 Å². The van der Waals surface area contributed by atoms with Gasteiger partial charge in [-0.05, 0) is 30.7 Å². The molecule has 1 amide bonds. The fourth-order valence-corrected chi connectivity index (χ4v) is 1.94. The molecule has 19 heavy (non-hydrogen) atoms. The van der Waals surface area contributed by atoms with Gasteiger partial charge in [0.1, 0.15) is 5.75 Å². The fourth-order valence-electron chi connectivity index (χ4n) is 1.94. The number of benzene rings is 1. The minimum absolute atomic E-state index is 0.105. The van der Waals surface area contributed by atoms with Crippen LogP contribution in [0.5, 0.6) is 5.75 Å². The molecule has 2 rings (SSSR count). The fraction of sp³-hybridized carbons (Fsp3) is 0.429. The Morgan fingerprint density at radius 2 is 2.21 bits per heavy atom. The summed E-state index contributed by atoms with van der Waals surface area (Å²) < 4.78 is 10.2. The van der Waals surface area contributed by atoms with Gasteiger partial charge in [-0.3, -0.25) is 9.59 Å². The molecular formula is C14H17NO4.